The summed E-state index contributed by atoms with van der Waals surface area (Å²) in [6.07, 6.45) is 1.08. The Balaban J connectivity index is 3.00. The summed E-state index contributed by atoms with van der Waals surface area (Å²) in [5.41, 5.74) is 6.47. The molecule has 112 valence electrons. The van der Waals surface area contributed by atoms with Gasteiger partial charge in [0.25, 0.3) is 0 Å². The first kappa shape index (κ1) is 16.7. The van der Waals surface area contributed by atoms with Crippen LogP contribution in [0.1, 0.15) is 19.4 Å². The quantitative estimate of drug-likeness (QED) is 0.842. The van der Waals surface area contributed by atoms with E-state index in [-0.39, 0.29) is 0 Å². The lowest BCUT2D eigenvalue weighted by Crippen LogP contribution is -2.50. The highest BCUT2D eigenvalue weighted by atomic mass is 32.2. The summed E-state index contributed by atoms with van der Waals surface area (Å²) in [4.78, 5) is 14.0. The number of hydrogen-bond donors (Lipinski definition) is 1. The van der Waals surface area contributed by atoms with Crippen LogP contribution in [-0.4, -0.2) is 43.3 Å². The van der Waals surface area contributed by atoms with Gasteiger partial charge >= 0.3 is 0 Å². The van der Waals surface area contributed by atoms with Crippen molar-refractivity contribution in [2.75, 3.05) is 19.3 Å². The molecule has 0 aliphatic heterocycles. The Morgan fingerprint density at radius 2 is 1.80 bits per heavy atom. The van der Waals surface area contributed by atoms with Crippen molar-refractivity contribution in [3.8, 4) is 0 Å². The van der Waals surface area contributed by atoms with Crippen LogP contribution in [-0.2, 0) is 21.2 Å². The molecule has 2 N–H and O–H groups in total. The molecule has 6 heteroatoms. The molecule has 0 aromatic heterocycles. The molecule has 0 saturated carbocycles. The number of nitrogens with zero attached hydrogens (tertiary/aromatic N) is 1. The molecule has 1 aromatic carbocycles. The molecule has 1 rings (SSSR count). The van der Waals surface area contributed by atoms with Crippen molar-refractivity contribution >= 4 is 15.7 Å². The molecule has 0 saturated heterocycles. The predicted octanol–water partition coefficient (Wildman–Crippen LogP) is 0.797. The first-order valence-electron chi connectivity index (χ1n) is 6.43. The molecule has 1 amide bonds. The van der Waals surface area contributed by atoms with E-state index in [2.05, 4.69) is 0 Å². The first-order valence-corrected chi connectivity index (χ1v) is 8.32. The Labute approximate surface area is 120 Å². The van der Waals surface area contributed by atoms with Crippen LogP contribution in [0.2, 0.25) is 0 Å². The van der Waals surface area contributed by atoms with Gasteiger partial charge in [-0.3, -0.25) is 4.79 Å². The molecule has 0 unspecified atom stereocenters. The van der Waals surface area contributed by atoms with Crippen LogP contribution in [0.3, 0.4) is 0 Å². The minimum atomic E-state index is -3.49. The van der Waals surface area contributed by atoms with Crippen molar-refractivity contribution in [3.05, 3.63) is 35.9 Å². The fourth-order valence-corrected chi connectivity index (χ4v) is 2.20. The van der Waals surface area contributed by atoms with E-state index in [9.17, 15) is 13.2 Å². The smallest absolute Gasteiger partial charge is 0.243 e. The number of benzene rings is 1. The number of carbonyl (C=O) groups is 1. The van der Waals surface area contributed by atoms with Crippen LogP contribution >= 0.6 is 0 Å². The average Bonchev–Trinajstić information content (AvgIpc) is 2.37. The van der Waals surface area contributed by atoms with Crippen molar-refractivity contribution in [3.63, 3.8) is 0 Å². The van der Waals surface area contributed by atoms with Crippen LogP contribution in [0.4, 0.5) is 0 Å². The summed E-state index contributed by atoms with van der Waals surface area (Å²) in [7, 11) is -3.49. The number of nitrogens with two attached hydrogens (primary N) is 1. The molecule has 0 heterocycles. The fourth-order valence-electron chi connectivity index (χ4n) is 1.75. The summed E-state index contributed by atoms with van der Waals surface area (Å²) in [5, 5.41) is 0. The molecule has 0 aliphatic carbocycles. The van der Waals surface area contributed by atoms with E-state index in [1.807, 2.05) is 30.3 Å². The minimum absolute atomic E-state index is 0.290. The summed E-state index contributed by atoms with van der Waals surface area (Å²) in [5.74, 6) is -0.422. The van der Waals surface area contributed by atoms with Crippen LogP contribution in [0, 0.1) is 0 Å². The normalized spacial score (nSPS) is 12.2. The van der Waals surface area contributed by atoms with E-state index in [0.29, 0.717) is 19.6 Å². The Hall–Kier alpha value is -1.40. The predicted molar refractivity (Wildman–Crippen MR) is 79.8 cm³/mol. The van der Waals surface area contributed by atoms with Crippen molar-refractivity contribution < 1.29 is 13.2 Å². The first-order chi connectivity index (χ1) is 9.20. The molecule has 1 aromatic rings. The van der Waals surface area contributed by atoms with Crippen LogP contribution in [0.5, 0.6) is 0 Å². The van der Waals surface area contributed by atoms with Crippen molar-refractivity contribution in [2.24, 2.45) is 5.73 Å². The van der Waals surface area contributed by atoms with Gasteiger partial charge < -0.3 is 10.6 Å². The number of rotatable bonds is 6. The van der Waals surface area contributed by atoms with Crippen LogP contribution in [0.25, 0.3) is 0 Å². The zero-order chi connectivity index (χ0) is 15.4. The molecule has 0 atom stereocenters. The Bertz CT molecular complexity index is 553. The highest BCUT2D eigenvalue weighted by Crippen LogP contribution is 2.20. The van der Waals surface area contributed by atoms with Gasteiger partial charge in [0.1, 0.15) is 4.75 Å². The lowest BCUT2D eigenvalue weighted by Gasteiger charge is -2.30. The third-order valence-corrected chi connectivity index (χ3v) is 5.37. The van der Waals surface area contributed by atoms with E-state index < -0.39 is 20.5 Å². The topological polar surface area (TPSA) is 80.5 Å². The van der Waals surface area contributed by atoms with Gasteiger partial charge in [-0.15, -0.1) is 0 Å². The molecule has 0 aliphatic rings. The summed E-state index contributed by atoms with van der Waals surface area (Å²) in [6.45, 7) is 3.83. The zero-order valence-corrected chi connectivity index (χ0v) is 13.0. The molecule has 0 bridgehead atoms. The van der Waals surface area contributed by atoms with Gasteiger partial charge in [0.15, 0.2) is 9.84 Å². The zero-order valence-electron chi connectivity index (χ0n) is 12.2. The molecule has 0 fully saturated rings. The largest absolute Gasteiger partial charge is 0.336 e. The van der Waals surface area contributed by atoms with E-state index in [1.54, 1.807) is 0 Å². The monoisotopic (exact) mass is 298 g/mol. The third-order valence-electron chi connectivity index (χ3n) is 3.34. The highest BCUT2D eigenvalue weighted by molar-refractivity contribution is 7.92. The summed E-state index contributed by atoms with van der Waals surface area (Å²) < 4.78 is 22.1. The Morgan fingerprint density at radius 1 is 1.25 bits per heavy atom. The molecule has 20 heavy (non-hydrogen) atoms. The molecular weight excluding hydrogens is 276 g/mol. The molecule has 0 radical (unpaired) electrons. The highest BCUT2D eigenvalue weighted by Gasteiger charge is 2.41. The molecular formula is C14H22N2O3S. The van der Waals surface area contributed by atoms with Crippen molar-refractivity contribution in [2.45, 2.75) is 25.1 Å². The second kappa shape index (κ2) is 6.37. The number of hydrogen-bond acceptors (Lipinski definition) is 4. The van der Waals surface area contributed by atoms with E-state index in [0.717, 1.165) is 11.8 Å². The van der Waals surface area contributed by atoms with Gasteiger partial charge in [-0.05, 0) is 19.4 Å². The fraction of sp³-hybridized carbons (Fsp3) is 0.500. The van der Waals surface area contributed by atoms with Crippen molar-refractivity contribution in [1.29, 1.82) is 0 Å². The Morgan fingerprint density at radius 3 is 2.25 bits per heavy atom. The maximum absolute atomic E-state index is 12.5. The van der Waals surface area contributed by atoms with Gasteiger partial charge in [-0.1, -0.05) is 30.3 Å². The minimum Gasteiger partial charge on any atom is -0.336 e. The molecule has 5 nitrogen and oxygen atoms in total. The standard InChI is InChI=1S/C14H22N2O3S/c1-14(2,20(3,18)19)13(17)16(10-9-15)11-12-7-5-4-6-8-12/h4-8H,9-11,15H2,1-3H3. The average molecular weight is 298 g/mol. The second-order valence-electron chi connectivity index (χ2n) is 5.28. The maximum atomic E-state index is 12.5. The van der Waals surface area contributed by atoms with Gasteiger partial charge in [-0.25, -0.2) is 8.42 Å². The number of amides is 1. The van der Waals surface area contributed by atoms with Crippen LogP contribution < -0.4 is 5.73 Å². The third kappa shape index (κ3) is 3.80. The Kier molecular flexibility index (Phi) is 5.30. The van der Waals surface area contributed by atoms with E-state index >= 15 is 0 Å². The molecule has 0 spiro atoms. The van der Waals surface area contributed by atoms with Crippen molar-refractivity contribution in [1.82, 2.24) is 4.90 Å². The SMILES string of the molecule is CC(C)(C(=O)N(CCN)Cc1ccccc1)S(C)(=O)=O. The second-order valence-corrected chi connectivity index (χ2v) is 7.85. The lowest BCUT2D eigenvalue weighted by molar-refractivity contribution is -0.133. The van der Waals surface area contributed by atoms with Gasteiger partial charge in [0.05, 0.1) is 0 Å². The van der Waals surface area contributed by atoms with Gasteiger partial charge in [-0.2, -0.15) is 0 Å². The van der Waals surface area contributed by atoms with Crippen LogP contribution in [0.15, 0.2) is 30.3 Å². The number of carbonyl (C=O) groups excluding carboxylic acids is 1. The summed E-state index contributed by atoms with van der Waals surface area (Å²) >= 11 is 0. The van der Waals surface area contributed by atoms with Gasteiger partial charge in [0, 0.05) is 25.9 Å². The van der Waals surface area contributed by atoms with E-state index in [1.165, 1.54) is 18.7 Å². The summed E-state index contributed by atoms with van der Waals surface area (Å²) in [6, 6.07) is 9.43. The van der Waals surface area contributed by atoms with E-state index in [4.69, 9.17) is 5.73 Å². The number of sulfone groups is 1. The lowest BCUT2D eigenvalue weighted by atomic mass is 10.1. The maximum Gasteiger partial charge on any atom is 0.243 e. The van der Waals surface area contributed by atoms with Gasteiger partial charge in [0.2, 0.25) is 5.91 Å².